The number of carbonyl (C=O) groups is 2. The molecular weight excluding hydrogens is 256 g/mol. The Balaban J connectivity index is 2.10. The van der Waals surface area contributed by atoms with E-state index in [4.69, 9.17) is 14.7 Å². The summed E-state index contributed by atoms with van der Waals surface area (Å²) in [4.78, 5) is 25.5. The molecule has 0 fully saturated rings. The number of hydrogen-bond acceptors (Lipinski definition) is 6. The van der Waals surface area contributed by atoms with Crippen LogP contribution in [0.5, 0.6) is 0 Å². The molecule has 0 spiro atoms. The zero-order valence-corrected chi connectivity index (χ0v) is 10.4. The van der Waals surface area contributed by atoms with Crippen LogP contribution in [0.4, 0.5) is 4.79 Å². The average molecular weight is 272 g/mol. The van der Waals surface area contributed by atoms with E-state index in [9.17, 15) is 9.59 Å². The summed E-state index contributed by atoms with van der Waals surface area (Å²) < 4.78 is 4.85. The van der Waals surface area contributed by atoms with Gasteiger partial charge in [-0.1, -0.05) is 5.16 Å². The van der Waals surface area contributed by atoms with E-state index in [-0.39, 0.29) is 13.0 Å². The summed E-state index contributed by atoms with van der Waals surface area (Å²) in [5.74, 6) is -0.352. The van der Waals surface area contributed by atoms with Crippen LogP contribution in [0.2, 0.25) is 0 Å². The fourth-order valence-corrected chi connectivity index (χ4v) is 1.23. The van der Waals surface area contributed by atoms with Gasteiger partial charge in [0.15, 0.2) is 11.9 Å². The van der Waals surface area contributed by atoms with Crippen molar-refractivity contribution in [1.29, 1.82) is 0 Å². The zero-order chi connectivity index (χ0) is 14.3. The highest BCUT2D eigenvalue weighted by Crippen LogP contribution is 1.95. The molecular formula is C10H16N4O5. The molecule has 2 amide bonds. The van der Waals surface area contributed by atoms with Crippen LogP contribution < -0.4 is 10.6 Å². The van der Waals surface area contributed by atoms with Crippen LogP contribution in [0.3, 0.4) is 0 Å². The maximum Gasteiger partial charge on any atom is 0.332 e. The quantitative estimate of drug-likeness (QED) is 0.502. The summed E-state index contributed by atoms with van der Waals surface area (Å²) in [5.41, 5.74) is 0. The fourth-order valence-electron chi connectivity index (χ4n) is 1.23. The van der Waals surface area contributed by atoms with E-state index in [1.54, 1.807) is 6.92 Å². The summed E-state index contributed by atoms with van der Waals surface area (Å²) in [5, 5.41) is 25.9. The molecule has 1 heterocycles. The lowest BCUT2D eigenvalue weighted by Crippen LogP contribution is -2.38. The van der Waals surface area contributed by atoms with E-state index in [0.717, 1.165) is 0 Å². The molecule has 4 N–H and O–H groups in total. The van der Waals surface area contributed by atoms with E-state index in [0.29, 0.717) is 24.7 Å². The maximum atomic E-state index is 11.3. The number of aryl methyl sites for hydroxylation is 1. The van der Waals surface area contributed by atoms with Crippen molar-refractivity contribution < 1.29 is 24.3 Å². The van der Waals surface area contributed by atoms with Gasteiger partial charge in [-0.05, 0) is 6.92 Å². The molecule has 0 saturated carbocycles. The molecule has 0 aromatic carbocycles. The van der Waals surface area contributed by atoms with Gasteiger partial charge in [-0.15, -0.1) is 0 Å². The molecule has 106 valence electrons. The highest BCUT2D eigenvalue weighted by atomic mass is 16.5. The molecule has 1 aromatic heterocycles. The first-order valence-corrected chi connectivity index (χ1v) is 5.71. The maximum absolute atomic E-state index is 11.3. The molecule has 0 radical (unpaired) electrons. The van der Waals surface area contributed by atoms with E-state index < -0.39 is 18.1 Å². The van der Waals surface area contributed by atoms with Crippen molar-refractivity contribution in [3.63, 3.8) is 0 Å². The molecule has 0 aliphatic carbocycles. The number of amides is 2. The third-order valence-electron chi connectivity index (χ3n) is 2.18. The number of carbonyl (C=O) groups excluding carboxylic acids is 1. The van der Waals surface area contributed by atoms with Crippen molar-refractivity contribution in [3.8, 4) is 0 Å². The van der Waals surface area contributed by atoms with E-state index in [1.807, 2.05) is 0 Å². The SMILES string of the molecule is Cc1noc(CCNC(=O)NCC[C@H](O)C(=O)O)n1. The van der Waals surface area contributed by atoms with Gasteiger partial charge >= 0.3 is 12.0 Å². The zero-order valence-electron chi connectivity index (χ0n) is 10.4. The van der Waals surface area contributed by atoms with Crippen molar-refractivity contribution in [2.45, 2.75) is 25.9 Å². The lowest BCUT2D eigenvalue weighted by Gasteiger charge is -2.08. The smallest absolute Gasteiger partial charge is 0.332 e. The number of nitrogens with zero attached hydrogens (tertiary/aromatic N) is 2. The minimum atomic E-state index is -1.47. The summed E-state index contributed by atoms with van der Waals surface area (Å²) in [7, 11) is 0. The minimum absolute atomic E-state index is 0.0500. The van der Waals surface area contributed by atoms with Gasteiger partial charge < -0.3 is 25.4 Å². The van der Waals surface area contributed by atoms with Crippen molar-refractivity contribution in [2.75, 3.05) is 13.1 Å². The number of hydrogen-bond donors (Lipinski definition) is 4. The van der Waals surface area contributed by atoms with Gasteiger partial charge in [-0.25, -0.2) is 9.59 Å². The minimum Gasteiger partial charge on any atom is -0.479 e. The Morgan fingerprint density at radius 2 is 2.05 bits per heavy atom. The van der Waals surface area contributed by atoms with Crippen LogP contribution in [0.25, 0.3) is 0 Å². The Bertz CT molecular complexity index is 433. The third kappa shape index (κ3) is 5.82. The molecule has 0 bridgehead atoms. The number of urea groups is 1. The standard InChI is InChI=1S/C10H16N4O5/c1-6-13-8(19-14-6)3-5-12-10(18)11-4-2-7(15)9(16)17/h7,15H,2-5H2,1H3,(H,16,17)(H2,11,12,18)/t7-/m0/s1. The molecule has 1 aromatic rings. The molecule has 0 saturated heterocycles. The van der Waals surface area contributed by atoms with Gasteiger partial charge in [0.25, 0.3) is 0 Å². The molecule has 0 aliphatic heterocycles. The predicted molar refractivity (Wildman–Crippen MR) is 62.4 cm³/mol. The van der Waals surface area contributed by atoms with E-state index in [2.05, 4.69) is 20.8 Å². The number of carboxylic acid groups (broad SMARTS) is 1. The predicted octanol–water partition coefficient (Wildman–Crippen LogP) is -0.945. The molecule has 0 unspecified atom stereocenters. The molecule has 0 aliphatic rings. The number of carboxylic acids is 1. The number of aliphatic carboxylic acids is 1. The van der Waals surface area contributed by atoms with Crippen molar-refractivity contribution >= 4 is 12.0 Å². The highest BCUT2D eigenvalue weighted by molar-refractivity contribution is 5.74. The van der Waals surface area contributed by atoms with Crippen molar-refractivity contribution in [2.24, 2.45) is 0 Å². The van der Waals surface area contributed by atoms with E-state index in [1.165, 1.54) is 0 Å². The van der Waals surface area contributed by atoms with Crippen LogP contribution in [0, 0.1) is 6.92 Å². The number of rotatable bonds is 7. The lowest BCUT2D eigenvalue weighted by molar-refractivity contribution is -0.146. The first-order chi connectivity index (χ1) is 8.99. The second kappa shape index (κ2) is 7.31. The van der Waals surface area contributed by atoms with Gasteiger partial charge in [0.1, 0.15) is 0 Å². The van der Waals surface area contributed by atoms with Crippen molar-refractivity contribution in [3.05, 3.63) is 11.7 Å². The topological polar surface area (TPSA) is 138 Å². The van der Waals surface area contributed by atoms with Gasteiger partial charge in [-0.3, -0.25) is 0 Å². The Hall–Kier alpha value is -2.16. The second-order valence-corrected chi connectivity index (χ2v) is 3.81. The summed E-state index contributed by atoms with van der Waals surface area (Å²) in [6.45, 7) is 2.08. The van der Waals surface area contributed by atoms with Gasteiger partial charge in [0.05, 0.1) is 0 Å². The highest BCUT2D eigenvalue weighted by Gasteiger charge is 2.12. The van der Waals surface area contributed by atoms with Crippen molar-refractivity contribution in [1.82, 2.24) is 20.8 Å². The van der Waals surface area contributed by atoms with E-state index >= 15 is 0 Å². The average Bonchev–Trinajstić information content (AvgIpc) is 2.74. The molecule has 9 nitrogen and oxygen atoms in total. The second-order valence-electron chi connectivity index (χ2n) is 3.81. The Morgan fingerprint density at radius 3 is 2.63 bits per heavy atom. The lowest BCUT2D eigenvalue weighted by atomic mass is 10.2. The number of aliphatic hydroxyl groups excluding tert-OH is 1. The molecule has 1 rings (SSSR count). The Labute approximate surface area is 109 Å². The van der Waals surface area contributed by atoms with Crippen LogP contribution in [-0.4, -0.2) is 51.5 Å². The molecule has 9 heteroatoms. The van der Waals surface area contributed by atoms with Gasteiger partial charge in [-0.2, -0.15) is 4.98 Å². The Morgan fingerprint density at radius 1 is 1.37 bits per heavy atom. The fraction of sp³-hybridized carbons (Fsp3) is 0.600. The Kier molecular flexibility index (Phi) is 5.73. The first-order valence-electron chi connectivity index (χ1n) is 5.71. The van der Waals surface area contributed by atoms with Crippen LogP contribution >= 0.6 is 0 Å². The largest absolute Gasteiger partial charge is 0.479 e. The van der Waals surface area contributed by atoms with Gasteiger partial charge in [0, 0.05) is 25.9 Å². The number of aliphatic hydroxyl groups is 1. The van der Waals surface area contributed by atoms with Gasteiger partial charge in [0.2, 0.25) is 5.89 Å². The summed E-state index contributed by atoms with van der Waals surface area (Å²) in [6, 6.07) is -0.450. The van der Waals surface area contributed by atoms with Crippen LogP contribution in [0.1, 0.15) is 18.1 Å². The monoisotopic (exact) mass is 272 g/mol. The molecule has 19 heavy (non-hydrogen) atoms. The van der Waals surface area contributed by atoms with Crippen LogP contribution in [-0.2, 0) is 11.2 Å². The summed E-state index contributed by atoms with van der Waals surface area (Å²) >= 11 is 0. The normalized spacial score (nSPS) is 11.9. The first kappa shape index (κ1) is 14.9. The summed E-state index contributed by atoms with van der Waals surface area (Å²) in [6.07, 6.45) is -1.11. The third-order valence-corrected chi connectivity index (χ3v) is 2.18. The number of nitrogens with one attached hydrogen (secondary N) is 2. The van der Waals surface area contributed by atoms with Crippen LogP contribution in [0.15, 0.2) is 4.52 Å². The molecule has 1 atom stereocenters. The number of aromatic nitrogens is 2.